The molecule has 4 aromatic rings. The molecule has 0 saturated carbocycles. The number of primary amides is 1. The third-order valence-corrected chi connectivity index (χ3v) is 12.0. The van der Waals surface area contributed by atoms with Gasteiger partial charge in [0.25, 0.3) is 0 Å². The Morgan fingerprint density at radius 3 is 1.65 bits per heavy atom. The second-order valence-corrected chi connectivity index (χ2v) is 21.3. The van der Waals surface area contributed by atoms with Crippen molar-refractivity contribution in [3.05, 3.63) is 102 Å². The van der Waals surface area contributed by atoms with Gasteiger partial charge in [0.1, 0.15) is 53.7 Å². The number of aliphatic carboxylic acids is 1. The molecule has 4 rings (SSSR count). The first-order valence-electron chi connectivity index (χ1n) is 26.4. The van der Waals surface area contributed by atoms with Crippen molar-refractivity contribution in [2.45, 2.75) is 140 Å². The second-order valence-electron chi connectivity index (χ2n) is 21.3. The molecule has 26 heteroatoms. The maximum absolute atomic E-state index is 14.2. The van der Waals surface area contributed by atoms with E-state index in [0.717, 1.165) is 10.9 Å². The Hall–Kier alpha value is -9.07. The highest BCUT2D eigenvalue weighted by Gasteiger charge is 2.34. The summed E-state index contributed by atoms with van der Waals surface area (Å²) in [7, 11) is 0. The minimum absolute atomic E-state index is 0.0265. The number of amides is 9. The number of fused-ring (bicyclic) bond motifs is 1. The number of nitrogens with one attached hydrogen (secondary N) is 9. The van der Waals surface area contributed by atoms with Gasteiger partial charge in [0.15, 0.2) is 0 Å². The highest BCUT2D eigenvalue weighted by atomic mass is 16.6. The Balaban J connectivity index is 1.44. The Bertz CT molecular complexity index is 2880. The third-order valence-electron chi connectivity index (χ3n) is 12.0. The molecule has 0 bridgehead atoms. The van der Waals surface area contributed by atoms with Crippen molar-refractivity contribution in [2.75, 3.05) is 19.6 Å². The molecule has 0 fully saturated rings. The van der Waals surface area contributed by atoms with Crippen molar-refractivity contribution in [1.82, 2.24) is 47.5 Å². The minimum Gasteiger partial charge on any atom is -0.508 e. The van der Waals surface area contributed by atoms with Gasteiger partial charge in [-0.05, 0) is 95.7 Å². The van der Waals surface area contributed by atoms with E-state index >= 15 is 0 Å². The van der Waals surface area contributed by atoms with Gasteiger partial charge in [0, 0.05) is 55.9 Å². The number of aromatic amines is 1. The van der Waals surface area contributed by atoms with Crippen LogP contribution in [0, 0.1) is 0 Å². The van der Waals surface area contributed by atoms with E-state index in [-0.39, 0.29) is 50.9 Å². The number of ether oxygens (including phenoxy) is 2. The zero-order valence-electron chi connectivity index (χ0n) is 46.7. The highest BCUT2D eigenvalue weighted by Crippen LogP contribution is 2.19. The number of carboxylic acids is 1. The Kier molecular flexibility index (Phi) is 24.8. The van der Waals surface area contributed by atoms with Crippen LogP contribution in [0.1, 0.15) is 90.3 Å². The number of esters is 1. The maximum atomic E-state index is 14.2. The van der Waals surface area contributed by atoms with Crippen molar-refractivity contribution in [3.8, 4) is 5.75 Å². The summed E-state index contributed by atoms with van der Waals surface area (Å²) in [5, 5.41) is 39.6. The minimum atomic E-state index is -1.67. The Morgan fingerprint density at radius 2 is 1.06 bits per heavy atom. The number of aromatic nitrogens is 1. The lowest BCUT2D eigenvalue weighted by Gasteiger charge is -2.26. The van der Waals surface area contributed by atoms with E-state index in [4.69, 9.17) is 20.9 Å². The summed E-state index contributed by atoms with van der Waals surface area (Å²) < 4.78 is 10.8. The van der Waals surface area contributed by atoms with Gasteiger partial charge in [-0.2, -0.15) is 0 Å². The molecule has 82 heavy (non-hydrogen) atoms. The maximum Gasteiger partial charge on any atom is 0.408 e. The summed E-state index contributed by atoms with van der Waals surface area (Å²) in [5.74, 6) is -9.12. The lowest BCUT2D eigenvalue weighted by molar-refractivity contribution is -0.156. The van der Waals surface area contributed by atoms with Crippen molar-refractivity contribution in [2.24, 2.45) is 11.5 Å². The van der Waals surface area contributed by atoms with E-state index in [0.29, 0.717) is 16.7 Å². The van der Waals surface area contributed by atoms with Gasteiger partial charge in [0.05, 0.1) is 12.5 Å². The molecule has 0 aliphatic carbocycles. The number of carbonyl (C=O) groups is 11. The Morgan fingerprint density at radius 1 is 0.561 bits per heavy atom. The number of benzene rings is 3. The zero-order chi connectivity index (χ0) is 60.7. The first-order chi connectivity index (χ1) is 38.5. The molecule has 0 unspecified atom stereocenters. The number of nitrogens with two attached hydrogens (primary N) is 2. The van der Waals surface area contributed by atoms with Gasteiger partial charge in [-0.3, -0.25) is 47.9 Å². The number of rotatable bonds is 30. The number of carboxylic acid groups (broad SMARTS) is 1. The quantitative estimate of drug-likeness (QED) is 0.0312. The van der Waals surface area contributed by atoms with Crippen LogP contribution in [0.25, 0.3) is 10.9 Å². The van der Waals surface area contributed by atoms with E-state index in [2.05, 4.69) is 47.5 Å². The predicted molar refractivity (Wildman–Crippen MR) is 298 cm³/mol. The molecule has 0 radical (unpaired) electrons. The van der Waals surface area contributed by atoms with Gasteiger partial charge < -0.3 is 78.7 Å². The van der Waals surface area contributed by atoms with Crippen LogP contribution in [-0.4, -0.2) is 148 Å². The fourth-order valence-corrected chi connectivity index (χ4v) is 8.02. The average Bonchev–Trinajstić information content (AvgIpc) is 3.94. The number of H-pyrrole nitrogens is 1. The summed E-state index contributed by atoms with van der Waals surface area (Å²) in [4.78, 5) is 148. The molecule has 9 amide bonds. The first-order valence-corrected chi connectivity index (χ1v) is 26.4. The van der Waals surface area contributed by atoms with Gasteiger partial charge >= 0.3 is 18.0 Å². The van der Waals surface area contributed by atoms with Crippen molar-refractivity contribution in [1.29, 1.82) is 0 Å². The van der Waals surface area contributed by atoms with Gasteiger partial charge in [0.2, 0.25) is 47.3 Å². The SMILES string of the molecule is CC(C)(C)OC(=O)C[C@H](NC(=O)[C@H](CCNC(=O)CCC(=O)NCC[C@H](NC(=O)[C@H](Cc1ccc(O)cc1)NC(=O)OC(C)(C)C)C(=O)NCC(=O)O)NC(=O)[C@@H](N)Cc1c[nH]c2ccccc12)C(=O)N[C@@H](Cc1ccccc1)C(N)=O. The Labute approximate surface area is 473 Å². The number of aromatic hydroxyl groups is 1. The molecule has 0 saturated heterocycles. The van der Waals surface area contributed by atoms with Crippen molar-refractivity contribution < 1.29 is 72.4 Å². The standard InChI is InChI=1S/C56H75N11O15/c1-55(2,3)81-47(73)29-43(53(79)65-41(48(58)74)26-32-12-8-7-9-13-32)66-51(77)40(63-49(75)37(57)28-34-30-61-38-15-11-10-14-36(34)38)23-25-60-45(70)21-20-44(69)59-24-22-39(50(76)62-31-46(71)72)64-52(78)42(67-54(80)82-56(4,5)6)27-33-16-18-35(68)19-17-33/h7-19,30,37,39-43,61,68H,20-29,31,57H2,1-6H3,(H2,58,74)(H,59,69)(H,60,70)(H,62,76)(H,63,75)(H,64,78)(H,65,79)(H,66,77)(H,67,80)(H,71,72)/t37-,39-,40-,41-,42-,43-/m0/s1. The van der Waals surface area contributed by atoms with Crippen LogP contribution in [0.2, 0.25) is 0 Å². The molecular weight excluding hydrogens is 1070 g/mol. The predicted octanol–water partition coefficient (Wildman–Crippen LogP) is 0.272. The van der Waals surface area contributed by atoms with E-state index in [1.165, 1.54) is 24.3 Å². The van der Waals surface area contributed by atoms with E-state index in [9.17, 15) is 63.0 Å². The number of alkyl carbamates (subject to hydrolysis) is 1. The number of para-hydroxylation sites is 1. The van der Waals surface area contributed by atoms with Crippen LogP contribution in [0.3, 0.4) is 0 Å². The molecule has 0 aliphatic rings. The lowest BCUT2D eigenvalue weighted by atomic mass is 10.0. The van der Waals surface area contributed by atoms with Crippen LogP contribution in [0.5, 0.6) is 5.75 Å². The molecule has 1 heterocycles. The number of phenolic OH excluding ortho intramolecular Hbond substituents is 1. The monoisotopic (exact) mass is 1140 g/mol. The van der Waals surface area contributed by atoms with E-state index < -0.39 is 139 Å². The molecule has 444 valence electrons. The molecule has 0 aliphatic heterocycles. The smallest absolute Gasteiger partial charge is 0.408 e. The highest BCUT2D eigenvalue weighted by molar-refractivity contribution is 5.97. The van der Waals surface area contributed by atoms with E-state index in [1.54, 1.807) is 78.1 Å². The average molecular weight is 1140 g/mol. The number of phenols is 1. The number of carbonyl (C=O) groups excluding carboxylic acids is 10. The molecule has 6 atom stereocenters. The lowest BCUT2D eigenvalue weighted by Crippen LogP contribution is -2.58. The van der Waals surface area contributed by atoms with Crippen LogP contribution in [-0.2, 0) is 76.7 Å². The number of hydrogen-bond donors (Lipinski definition) is 13. The largest absolute Gasteiger partial charge is 0.508 e. The summed E-state index contributed by atoms with van der Waals surface area (Å²) in [6, 6.07) is 13.3. The van der Waals surface area contributed by atoms with Crippen LogP contribution < -0.4 is 54.0 Å². The van der Waals surface area contributed by atoms with Crippen LogP contribution >= 0.6 is 0 Å². The normalized spacial score (nSPS) is 13.5. The van der Waals surface area contributed by atoms with Crippen LogP contribution in [0.4, 0.5) is 4.79 Å². The molecule has 26 nitrogen and oxygen atoms in total. The third kappa shape index (κ3) is 23.7. The van der Waals surface area contributed by atoms with Gasteiger partial charge in [-0.1, -0.05) is 60.7 Å². The van der Waals surface area contributed by atoms with Crippen LogP contribution in [0.15, 0.2) is 85.1 Å². The second kappa shape index (κ2) is 31.1. The first kappa shape index (κ1) is 65.4. The fraction of sp³-hybridized carbons (Fsp3) is 0.446. The molecule has 1 aromatic heterocycles. The summed E-state index contributed by atoms with van der Waals surface area (Å²) in [5.41, 5.74) is 12.8. The topological polar surface area (TPSA) is 411 Å². The molecule has 3 aromatic carbocycles. The fourth-order valence-electron chi connectivity index (χ4n) is 8.02. The number of hydrogen-bond acceptors (Lipinski definition) is 15. The van der Waals surface area contributed by atoms with Crippen molar-refractivity contribution in [3.63, 3.8) is 0 Å². The zero-order valence-corrected chi connectivity index (χ0v) is 46.7. The molecule has 0 spiro atoms. The van der Waals surface area contributed by atoms with Gasteiger partial charge in [-0.15, -0.1) is 0 Å². The van der Waals surface area contributed by atoms with E-state index in [1.807, 2.05) is 24.3 Å². The molecule has 15 N–H and O–H groups in total. The molecular formula is C56H75N11O15. The van der Waals surface area contributed by atoms with Crippen molar-refractivity contribution >= 4 is 76.2 Å². The van der Waals surface area contributed by atoms with Gasteiger partial charge in [-0.25, -0.2) is 4.79 Å². The summed E-state index contributed by atoms with van der Waals surface area (Å²) in [6.45, 7) is 8.25. The summed E-state index contributed by atoms with van der Waals surface area (Å²) >= 11 is 0. The summed E-state index contributed by atoms with van der Waals surface area (Å²) in [6.07, 6.45) is -1.48.